The SMILES string of the molecule is CN.CS1(C)c2cc(-c3cccc4ccccc34)ccc2-c2cc3c(-c4ccccc4)c4ccc(-c5cccc6ccccc56)cc4c(-c4ccccc4)c3cc21. The molecule has 0 saturated heterocycles. The van der Waals surface area contributed by atoms with E-state index in [-0.39, 0.29) is 0 Å². The molecule has 11 rings (SSSR count). The minimum absolute atomic E-state index is 1.24. The van der Waals surface area contributed by atoms with Gasteiger partial charge in [-0.05, 0) is 143 Å². The summed E-state index contributed by atoms with van der Waals surface area (Å²) in [5.74, 6) is 0. The minimum Gasteiger partial charge on any atom is -0.333 e. The van der Waals surface area contributed by atoms with Crippen LogP contribution in [0.3, 0.4) is 0 Å². The highest BCUT2D eigenvalue weighted by atomic mass is 32.3. The van der Waals surface area contributed by atoms with Crippen LogP contribution in [0.4, 0.5) is 0 Å². The van der Waals surface area contributed by atoms with Crippen LogP contribution in [0.2, 0.25) is 0 Å². The lowest BCUT2D eigenvalue weighted by Crippen LogP contribution is -1.96. The summed E-state index contributed by atoms with van der Waals surface area (Å²) in [7, 11) is 0.155. The van der Waals surface area contributed by atoms with E-state index in [1.54, 1.807) is 0 Å². The summed E-state index contributed by atoms with van der Waals surface area (Å²) in [6, 6.07) is 72.5. The highest BCUT2D eigenvalue weighted by Gasteiger charge is 2.34. The predicted octanol–water partition coefficient (Wildman–Crippen LogP) is 15.0. The van der Waals surface area contributed by atoms with Crippen LogP contribution in [0.1, 0.15) is 0 Å². The van der Waals surface area contributed by atoms with Crippen LogP contribution < -0.4 is 5.73 Å². The smallest absolute Gasteiger partial charge is 0.00220 e. The largest absolute Gasteiger partial charge is 0.333 e. The van der Waals surface area contributed by atoms with E-state index in [0.717, 1.165) is 0 Å². The van der Waals surface area contributed by atoms with Crippen LogP contribution in [0.5, 0.6) is 0 Å². The van der Waals surface area contributed by atoms with E-state index in [9.17, 15) is 0 Å². The minimum atomic E-state index is -1.35. The first-order valence-electron chi connectivity index (χ1n) is 19.6. The van der Waals surface area contributed by atoms with E-state index < -0.39 is 10.0 Å². The van der Waals surface area contributed by atoms with Crippen molar-refractivity contribution in [2.45, 2.75) is 9.79 Å². The van der Waals surface area contributed by atoms with E-state index in [1.807, 2.05) is 0 Å². The summed E-state index contributed by atoms with van der Waals surface area (Å²) in [4.78, 5) is 2.93. The van der Waals surface area contributed by atoms with E-state index >= 15 is 0 Å². The normalized spacial score (nSPS) is 13.3. The second-order valence-electron chi connectivity index (χ2n) is 15.2. The number of hydrogen-bond acceptors (Lipinski definition) is 1. The molecule has 0 atom stereocenters. The first-order valence-corrected chi connectivity index (χ1v) is 22.1. The van der Waals surface area contributed by atoms with Crippen LogP contribution in [0.25, 0.3) is 98.7 Å². The summed E-state index contributed by atoms with van der Waals surface area (Å²) in [5.41, 5.74) is 17.4. The molecule has 2 heteroatoms. The lowest BCUT2D eigenvalue weighted by atomic mass is 9.83. The molecule has 0 spiro atoms. The Labute approximate surface area is 336 Å². The van der Waals surface area contributed by atoms with E-state index in [1.165, 1.54) is 116 Å². The zero-order valence-corrected chi connectivity index (χ0v) is 33.3. The van der Waals surface area contributed by atoms with Crippen molar-refractivity contribution in [2.24, 2.45) is 5.73 Å². The average molecular weight is 750 g/mol. The molecule has 10 aromatic carbocycles. The third-order valence-electron chi connectivity index (χ3n) is 11.9. The number of hydrogen-bond donors (Lipinski definition) is 1. The first kappa shape index (κ1) is 35.0. The summed E-state index contributed by atoms with van der Waals surface area (Å²) >= 11 is 0. The molecule has 0 fully saturated rings. The molecular weight excluding hydrogens is 707 g/mol. The number of rotatable bonds is 4. The van der Waals surface area contributed by atoms with Crippen molar-refractivity contribution in [1.29, 1.82) is 0 Å². The number of fused-ring (bicyclic) bond motifs is 7. The molecular formula is C55H43NS. The molecule has 0 bridgehead atoms. The van der Waals surface area contributed by atoms with Crippen LogP contribution in [0.15, 0.2) is 204 Å². The Morgan fingerprint density at radius 2 is 0.754 bits per heavy atom. The maximum atomic E-state index is 4.50. The fourth-order valence-corrected chi connectivity index (χ4v) is 11.8. The van der Waals surface area contributed by atoms with Gasteiger partial charge in [0.05, 0.1) is 0 Å². The van der Waals surface area contributed by atoms with Gasteiger partial charge in [-0.15, -0.1) is 0 Å². The standard InChI is InChI=1S/C54H38S.CH5N/c1-55(2)51-32-40(44-26-14-22-36-16-10-12-24-42(36)44)27-29-45(51)47-33-49-50(34-52(47)55)54(38-19-7-4-8-20-38)48-31-39(43-25-13-21-35-15-9-11-23-41(35)43)28-30-46(48)53(49)37-17-5-3-6-18-37;1-2/h3-34H,1-2H3;2H2,1H3. The summed E-state index contributed by atoms with van der Waals surface area (Å²) < 4.78 is 0. The molecule has 0 aliphatic carbocycles. The van der Waals surface area contributed by atoms with Gasteiger partial charge >= 0.3 is 0 Å². The number of benzene rings is 10. The van der Waals surface area contributed by atoms with Gasteiger partial charge in [0.2, 0.25) is 0 Å². The Hall–Kier alpha value is -6.45. The van der Waals surface area contributed by atoms with Gasteiger partial charge in [-0.2, -0.15) is 10.0 Å². The molecule has 1 heterocycles. The van der Waals surface area contributed by atoms with Gasteiger partial charge in [-0.25, -0.2) is 0 Å². The predicted molar refractivity (Wildman–Crippen MR) is 250 cm³/mol. The van der Waals surface area contributed by atoms with Gasteiger partial charge in [-0.3, -0.25) is 0 Å². The second-order valence-corrected chi connectivity index (χ2v) is 18.8. The van der Waals surface area contributed by atoms with Crippen molar-refractivity contribution in [2.75, 3.05) is 19.6 Å². The van der Waals surface area contributed by atoms with Gasteiger partial charge in [-0.1, -0.05) is 170 Å². The van der Waals surface area contributed by atoms with Crippen molar-refractivity contribution < 1.29 is 0 Å². The maximum Gasteiger partial charge on any atom is 0.00220 e. The molecule has 2 N–H and O–H groups in total. The van der Waals surface area contributed by atoms with Crippen molar-refractivity contribution in [1.82, 2.24) is 0 Å². The molecule has 0 aromatic heterocycles. The third kappa shape index (κ3) is 5.59. The quantitative estimate of drug-likeness (QED) is 0.178. The summed E-state index contributed by atoms with van der Waals surface area (Å²) in [5, 5.41) is 10.3. The van der Waals surface area contributed by atoms with Gasteiger partial charge in [0, 0.05) is 9.79 Å². The fraction of sp³-hybridized carbons (Fsp3) is 0.0545. The topological polar surface area (TPSA) is 26.0 Å². The van der Waals surface area contributed by atoms with Crippen molar-refractivity contribution >= 4 is 53.1 Å². The Morgan fingerprint density at radius 3 is 1.37 bits per heavy atom. The van der Waals surface area contributed by atoms with Crippen LogP contribution >= 0.6 is 10.0 Å². The molecule has 1 aliphatic rings. The van der Waals surface area contributed by atoms with Gasteiger partial charge in [0.25, 0.3) is 0 Å². The molecule has 1 aliphatic heterocycles. The van der Waals surface area contributed by atoms with Crippen molar-refractivity contribution in [3.63, 3.8) is 0 Å². The van der Waals surface area contributed by atoms with E-state index in [2.05, 4.69) is 212 Å². The summed E-state index contributed by atoms with van der Waals surface area (Å²) in [6.07, 6.45) is 4.99. The highest BCUT2D eigenvalue weighted by Crippen LogP contribution is 2.69. The molecule has 1 nitrogen and oxygen atoms in total. The molecule has 0 saturated carbocycles. The van der Waals surface area contributed by atoms with E-state index in [0.29, 0.717) is 0 Å². The van der Waals surface area contributed by atoms with Crippen molar-refractivity contribution in [3.8, 4) is 55.6 Å². The molecule has 57 heavy (non-hydrogen) atoms. The average Bonchev–Trinajstić information content (AvgIpc) is 3.49. The maximum absolute atomic E-state index is 4.50. The Balaban J connectivity index is 0.00000195. The zero-order chi connectivity index (χ0) is 38.7. The molecule has 0 unspecified atom stereocenters. The zero-order valence-electron chi connectivity index (χ0n) is 32.5. The molecule has 10 aromatic rings. The third-order valence-corrected chi connectivity index (χ3v) is 14.8. The molecule has 0 radical (unpaired) electrons. The molecule has 0 amide bonds. The monoisotopic (exact) mass is 749 g/mol. The fourth-order valence-electron chi connectivity index (χ4n) is 9.29. The second kappa shape index (κ2) is 13.9. The van der Waals surface area contributed by atoms with Crippen LogP contribution in [0, 0.1) is 0 Å². The summed E-state index contributed by atoms with van der Waals surface area (Å²) in [6.45, 7) is 0. The van der Waals surface area contributed by atoms with E-state index in [4.69, 9.17) is 0 Å². The van der Waals surface area contributed by atoms with Gasteiger partial charge < -0.3 is 5.73 Å². The Morgan fingerprint density at radius 1 is 0.298 bits per heavy atom. The lowest BCUT2D eigenvalue weighted by Gasteiger charge is -2.29. The van der Waals surface area contributed by atoms with Crippen LogP contribution in [-0.4, -0.2) is 19.6 Å². The Bertz CT molecular complexity index is 3150. The van der Waals surface area contributed by atoms with Crippen LogP contribution in [-0.2, 0) is 0 Å². The van der Waals surface area contributed by atoms with Gasteiger partial charge in [0.15, 0.2) is 0 Å². The molecule has 274 valence electrons. The lowest BCUT2D eigenvalue weighted by molar-refractivity contribution is 1.46. The first-order chi connectivity index (χ1) is 28.0. The van der Waals surface area contributed by atoms with Crippen molar-refractivity contribution in [3.05, 3.63) is 194 Å². The van der Waals surface area contributed by atoms with Gasteiger partial charge in [0.1, 0.15) is 0 Å². The highest BCUT2D eigenvalue weighted by molar-refractivity contribution is 8.33. The number of nitrogens with two attached hydrogens (primary N) is 1. The Kier molecular flexibility index (Phi) is 8.56.